The summed E-state index contributed by atoms with van der Waals surface area (Å²) in [6.07, 6.45) is -1.79. The molecule has 248 valence electrons. The van der Waals surface area contributed by atoms with E-state index < -0.39 is 83.4 Å². The van der Waals surface area contributed by atoms with E-state index in [0.29, 0.717) is 5.69 Å². The van der Waals surface area contributed by atoms with Crippen LogP contribution in [0.2, 0.25) is 0 Å². The quantitative estimate of drug-likeness (QED) is 0.233. The van der Waals surface area contributed by atoms with Crippen LogP contribution in [0.4, 0.5) is 24.1 Å². The first-order valence-electron chi connectivity index (χ1n) is 14.0. The number of carbonyl (C=O) groups excluding carboxylic acids is 4. The molecule has 0 aliphatic rings. The number of anilines is 1. The number of aromatic nitrogens is 1. The van der Waals surface area contributed by atoms with Crippen LogP contribution in [0.5, 0.6) is 0 Å². The van der Waals surface area contributed by atoms with E-state index in [1.165, 1.54) is 6.20 Å². The van der Waals surface area contributed by atoms with Crippen molar-refractivity contribution >= 4 is 29.7 Å². The number of methoxy groups -OCH3 is 2. The fourth-order valence-corrected chi connectivity index (χ4v) is 4.20. The summed E-state index contributed by atoms with van der Waals surface area (Å²) >= 11 is 0. The number of amides is 4. The molecule has 1 heterocycles. The van der Waals surface area contributed by atoms with Crippen molar-refractivity contribution < 1.29 is 42.5 Å². The molecular weight excluding hydrogens is 594 g/mol. The van der Waals surface area contributed by atoms with Crippen molar-refractivity contribution in [2.75, 3.05) is 32.3 Å². The van der Waals surface area contributed by atoms with Crippen LogP contribution in [0.1, 0.15) is 41.5 Å². The average molecular weight is 637 g/mol. The highest BCUT2D eigenvalue weighted by Gasteiger charge is 2.36. The molecule has 2 rings (SSSR count). The lowest BCUT2D eigenvalue weighted by molar-refractivity contribution is -0.127. The Morgan fingerprint density at radius 2 is 1.40 bits per heavy atom. The number of hydrogen-bond donors (Lipinski definition) is 5. The highest BCUT2D eigenvalue weighted by Crippen LogP contribution is 2.29. The number of nitrogens with one attached hydrogen (secondary N) is 4. The van der Waals surface area contributed by atoms with E-state index in [0.717, 1.165) is 31.4 Å². The summed E-state index contributed by atoms with van der Waals surface area (Å²) in [7, 11) is 2.26. The molecule has 0 saturated heterocycles. The second kappa shape index (κ2) is 15.5. The molecule has 4 amide bonds. The number of aliphatic hydroxyl groups is 1. The lowest BCUT2D eigenvalue weighted by atomic mass is 9.86. The van der Waals surface area contributed by atoms with Gasteiger partial charge >= 0.3 is 12.2 Å². The lowest BCUT2D eigenvalue weighted by Crippen LogP contribution is -2.59. The normalized spacial score (nSPS) is 13.5. The minimum Gasteiger partial charge on any atom is -0.453 e. The Bertz CT molecular complexity index is 1330. The third kappa shape index (κ3) is 10.6. The number of hydrazine groups is 1. The molecule has 15 heteroatoms. The lowest BCUT2D eigenvalue weighted by Gasteiger charge is -2.34. The summed E-state index contributed by atoms with van der Waals surface area (Å²) in [5.41, 5.74) is 0.469. The van der Waals surface area contributed by atoms with Crippen LogP contribution in [0.15, 0.2) is 36.5 Å². The second-order valence-electron chi connectivity index (χ2n) is 12.4. The third-order valence-electron chi connectivity index (χ3n) is 6.55. The van der Waals surface area contributed by atoms with Crippen molar-refractivity contribution in [3.8, 4) is 11.3 Å². The van der Waals surface area contributed by atoms with Gasteiger partial charge in [0, 0.05) is 18.3 Å². The molecule has 5 N–H and O–H groups in total. The molecule has 0 radical (unpaired) electrons. The topological polar surface area (TPSA) is 171 Å². The van der Waals surface area contributed by atoms with Gasteiger partial charge in [-0.15, -0.1) is 0 Å². The van der Waals surface area contributed by atoms with Crippen LogP contribution >= 0.6 is 0 Å². The van der Waals surface area contributed by atoms with Crippen molar-refractivity contribution in [1.82, 2.24) is 26.4 Å². The van der Waals surface area contributed by atoms with Crippen LogP contribution in [-0.4, -0.2) is 79.6 Å². The summed E-state index contributed by atoms with van der Waals surface area (Å²) in [4.78, 5) is 54.2. The minimum absolute atomic E-state index is 0.125. The fraction of sp³-hybridized carbons (Fsp3) is 0.500. The molecule has 0 saturated carbocycles. The summed E-state index contributed by atoms with van der Waals surface area (Å²) in [5.74, 6) is -3.70. The number of halogens is 2. The van der Waals surface area contributed by atoms with E-state index in [1.54, 1.807) is 59.7 Å². The molecule has 45 heavy (non-hydrogen) atoms. The van der Waals surface area contributed by atoms with Crippen LogP contribution < -0.4 is 26.4 Å². The van der Waals surface area contributed by atoms with Gasteiger partial charge in [-0.05, 0) is 35.1 Å². The van der Waals surface area contributed by atoms with Crippen molar-refractivity contribution in [2.24, 2.45) is 10.8 Å². The van der Waals surface area contributed by atoms with E-state index >= 15 is 8.78 Å². The van der Waals surface area contributed by atoms with Gasteiger partial charge in [0.15, 0.2) is 11.6 Å². The molecule has 1 aromatic heterocycles. The first kappa shape index (κ1) is 36.7. The Morgan fingerprint density at radius 3 is 1.84 bits per heavy atom. The Balaban J connectivity index is 2.41. The smallest absolute Gasteiger partial charge is 0.407 e. The van der Waals surface area contributed by atoms with Crippen molar-refractivity contribution in [2.45, 2.75) is 59.7 Å². The number of aliphatic hydroxyl groups excluding tert-OH is 1. The van der Waals surface area contributed by atoms with Gasteiger partial charge in [0.1, 0.15) is 17.8 Å². The van der Waals surface area contributed by atoms with Crippen molar-refractivity contribution in [3.63, 3.8) is 0 Å². The number of hydrogen-bond acceptors (Lipinski definition) is 9. The Labute approximate surface area is 261 Å². The van der Waals surface area contributed by atoms with E-state index in [1.807, 2.05) is 0 Å². The first-order valence-corrected chi connectivity index (χ1v) is 14.0. The number of carbonyl (C=O) groups is 4. The minimum atomic E-state index is -1.50. The highest BCUT2D eigenvalue weighted by atomic mass is 19.1. The average Bonchev–Trinajstić information content (AvgIpc) is 2.95. The van der Waals surface area contributed by atoms with E-state index in [-0.39, 0.29) is 5.56 Å². The van der Waals surface area contributed by atoms with Gasteiger partial charge in [-0.1, -0.05) is 47.6 Å². The molecule has 2 aromatic rings. The highest BCUT2D eigenvalue weighted by molar-refractivity contribution is 5.88. The number of pyridine rings is 1. The maximum absolute atomic E-state index is 15.6. The van der Waals surface area contributed by atoms with Gasteiger partial charge in [-0.2, -0.15) is 0 Å². The standard InChI is InChI=1S/C30H42F2N6O7/c1-29(2,3)23(35-27(42)44-7)25(40)34-15-18(39)16-38(37-26(41)24(30(4,5)6)36-28(43)45-8)22-19(31)13-17(14-20(22)32)21-11-9-10-12-33-21/h9-14,18,23-24,39H,15-16H2,1-8H3,(H,34,40)(H,35,42)(H,36,43)(H,37,41). The molecule has 13 nitrogen and oxygen atoms in total. The maximum atomic E-state index is 15.6. The van der Waals surface area contributed by atoms with E-state index in [2.05, 4.69) is 35.8 Å². The third-order valence-corrected chi connectivity index (χ3v) is 6.55. The van der Waals surface area contributed by atoms with Crippen LogP contribution in [0.3, 0.4) is 0 Å². The van der Waals surface area contributed by atoms with Crippen molar-refractivity contribution in [1.29, 1.82) is 0 Å². The fourth-order valence-electron chi connectivity index (χ4n) is 4.20. The number of nitrogens with zero attached hydrogens (tertiary/aromatic N) is 2. The van der Waals surface area contributed by atoms with Gasteiger partial charge in [-0.25, -0.2) is 18.4 Å². The van der Waals surface area contributed by atoms with Gasteiger partial charge in [0.05, 0.1) is 32.6 Å². The molecule has 3 unspecified atom stereocenters. The summed E-state index contributed by atoms with van der Waals surface area (Å²) < 4.78 is 40.4. The largest absolute Gasteiger partial charge is 0.453 e. The van der Waals surface area contributed by atoms with E-state index in [4.69, 9.17) is 0 Å². The summed E-state index contributed by atoms with van der Waals surface area (Å²) in [6, 6.07) is 4.61. The Kier molecular flexibility index (Phi) is 12.6. The Hall–Kier alpha value is -4.53. The molecule has 0 bridgehead atoms. The van der Waals surface area contributed by atoms with E-state index in [9.17, 15) is 24.3 Å². The van der Waals surface area contributed by atoms with Gasteiger partial charge in [-0.3, -0.25) is 25.0 Å². The SMILES string of the molecule is COC(=O)NC(C(=O)NCC(O)CN(NC(=O)C(NC(=O)OC)C(C)(C)C)c1c(F)cc(-c2ccccn2)cc1F)C(C)(C)C. The van der Waals surface area contributed by atoms with Crippen LogP contribution in [0.25, 0.3) is 11.3 Å². The van der Waals surface area contributed by atoms with Crippen molar-refractivity contribution in [3.05, 3.63) is 48.2 Å². The zero-order chi connectivity index (χ0) is 34.1. The number of benzene rings is 1. The molecular formula is C30H42F2N6O7. The van der Waals surface area contributed by atoms with Crippen LogP contribution in [0, 0.1) is 22.5 Å². The molecule has 3 atom stereocenters. The Morgan fingerprint density at radius 1 is 0.889 bits per heavy atom. The van der Waals surface area contributed by atoms with Crippen LogP contribution in [-0.2, 0) is 19.1 Å². The number of ether oxygens (including phenoxy) is 2. The number of rotatable bonds is 11. The maximum Gasteiger partial charge on any atom is 0.407 e. The second-order valence-corrected chi connectivity index (χ2v) is 12.4. The molecule has 0 fully saturated rings. The zero-order valence-electron chi connectivity index (χ0n) is 26.7. The summed E-state index contributed by atoms with van der Waals surface area (Å²) in [6.45, 7) is 9.02. The number of alkyl carbamates (subject to hydrolysis) is 2. The predicted octanol–water partition coefficient (Wildman–Crippen LogP) is 2.88. The molecule has 0 aliphatic carbocycles. The zero-order valence-corrected chi connectivity index (χ0v) is 26.7. The first-order chi connectivity index (χ1) is 20.9. The molecule has 1 aromatic carbocycles. The molecule has 0 aliphatic heterocycles. The predicted molar refractivity (Wildman–Crippen MR) is 162 cm³/mol. The van der Waals surface area contributed by atoms with Gasteiger partial charge < -0.3 is 30.5 Å². The summed E-state index contributed by atoms with van der Waals surface area (Å²) in [5, 5.41) is 19.0. The molecule has 0 spiro atoms. The van der Waals surface area contributed by atoms with Gasteiger partial charge in [0.25, 0.3) is 5.91 Å². The van der Waals surface area contributed by atoms with Gasteiger partial charge in [0.2, 0.25) is 5.91 Å². The monoisotopic (exact) mass is 636 g/mol.